The number of hydrogen-bond donors (Lipinski definition) is 2. The van der Waals surface area contributed by atoms with Gasteiger partial charge in [-0.2, -0.15) is 0 Å². The van der Waals surface area contributed by atoms with Crippen LogP contribution in [0.4, 0.5) is 0 Å². The van der Waals surface area contributed by atoms with Crippen molar-refractivity contribution in [1.82, 2.24) is 4.90 Å². The molecule has 1 rings (SSSR count). The normalized spacial score (nSPS) is 20.8. The molecular weight excluding hydrogens is 266 g/mol. The van der Waals surface area contributed by atoms with Gasteiger partial charge in [0.25, 0.3) is 0 Å². The summed E-state index contributed by atoms with van der Waals surface area (Å²) in [6, 6.07) is -0.417. The summed E-state index contributed by atoms with van der Waals surface area (Å²) in [6.07, 6.45) is 3.23. The number of carbonyl (C=O) groups excluding carboxylic acids is 2. The van der Waals surface area contributed by atoms with Gasteiger partial charge in [-0.05, 0) is 31.1 Å². The van der Waals surface area contributed by atoms with E-state index in [2.05, 4.69) is 0 Å². The fourth-order valence-corrected chi connectivity index (χ4v) is 2.34. The molecule has 6 heteroatoms. The third kappa shape index (κ3) is 5.78. The minimum Gasteiger partial charge on any atom is -0.370 e. The number of likely N-dealkylation sites (tertiary alicyclic amines) is 1. The Hall–Kier alpha value is -0.810. The maximum Gasteiger partial charge on any atom is 0.239 e. The van der Waals surface area contributed by atoms with E-state index in [9.17, 15) is 9.59 Å². The Kier molecular flexibility index (Phi) is 8.02. The molecular formula is C13H26ClN3O2. The first-order valence-corrected chi connectivity index (χ1v) is 6.74. The first kappa shape index (κ1) is 18.2. The largest absolute Gasteiger partial charge is 0.370 e. The van der Waals surface area contributed by atoms with Crippen LogP contribution in [-0.2, 0) is 9.59 Å². The highest BCUT2D eigenvalue weighted by Crippen LogP contribution is 2.21. The van der Waals surface area contributed by atoms with E-state index in [1.165, 1.54) is 0 Å². The standard InChI is InChI=1S/C13H25N3O2.ClH/c1-9(2)12(15)13(18)16-7-3-4-10(8-16)5-6-11(14)17;/h9-10,12H,3-8,15H2,1-2H3,(H2,14,17);1H/t10?,12-;/m0./s1. The number of primary amides is 1. The van der Waals surface area contributed by atoms with Gasteiger partial charge in [0.1, 0.15) is 0 Å². The van der Waals surface area contributed by atoms with Crippen LogP contribution in [0.5, 0.6) is 0 Å². The van der Waals surface area contributed by atoms with Crippen molar-refractivity contribution in [1.29, 1.82) is 0 Å². The lowest BCUT2D eigenvalue weighted by molar-refractivity contribution is -0.135. The molecule has 5 nitrogen and oxygen atoms in total. The summed E-state index contributed by atoms with van der Waals surface area (Å²) in [5.41, 5.74) is 11.0. The highest BCUT2D eigenvalue weighted by Gasteiger charge is 2.28. The van der Waals surface area contributed by atoms with Gasteiger partial charge in [0.2, 0.25) is 11.8 Å². The van der Waals surface area contributed by atoms with Gasteiger partial charge in [-0.15, -0.1) is 12.4 Å². The van der Waals surface area contributed by atoms with Gasteiger partial charge in [-0.3, -0.25) is 9.59 Å². The summed E-state index contributed by atoms with van der Waals surface area (Å²) in [5.74, 6) is 0.309. The van der Waals surface area contributed by atoms with Crippen LogP contribution in [0.3, 0.4) is 0 Å². The number of hydrogen-bond acceptors (Lipinski definition) is 3. The zero-order chi connectivity index (χ0) is 13.7. The van der Waals surface area contributed by atoms with Gasteiger partial charge < -0.3 is 16.4 Å². The molecule has 0 aromatic carbocycles. The van der Waals surface area contributed by atoms with Crippen LogP contribution in [0, 0.1) is 11.8 Å². The lowest BCUT2D eigenvalue weighted by Gasteiger charge is -2.35. The highest BCUT2D eigenvalue weighted by molar-refractivity contribution is 5.85. The molecule has 0 bridgehead atoms. The SMILES string of the molecule is CC(C)[C@H](N)C(=O)N1CCCC(CCC(N)=O)C1.Cl. The molecule has 1 aliphatic rings. The van der Waals surface area contributed by atoms with Crippen LogP contribution in [0.25, 0.3) is 0 Å². The van der Waals surface area contributed by atoms with Crippen LogP contribution >= 0.6 is 12.4 Å². The molecule has 1 fully saturated rings. The number of halogens is 1. The summed E-state index contributed by atoms with van der Waals surface area (Å²) in [5, 5.41) is 0. The lowest BCUT2D eigenvalue weighted by atomic mass is 9.92. The molecule has 1 aliphatic heterocycles. The molecule has 1 unspecified atom stereocenters. The molecule has 19 heavy (non-hydrogen) atoms. The summed E-state index contributed by atoms with van der Waals surface area (Å²) in [4.78, 5) is 24.8. The van der Waals surface area contributed by atoms with Crippen molar-refractivity contribution in [2.45, 2.75) is 45.6 Å². The van der Waals surface area contributed by atoms with Gasteiger partial charge in [0.15, 0.2) is 0 Å². The van der Waals surface area contributed by atoms with E-state index in [1.807, 2.05) is 18.7 Å². The molecule has 2 atom stereocenters. The van der Waals surface area contributed by atoms with Crippen molar-refractivity contribution in [3.8, 4) is 0 Å². The Bertz CT molecular complexity index is 310. The average molecular weight is 292 g/mol. The Labute approximate surface area is 121 Å². The number of carbonyl (C=O) groups is 2. The molecule has 4 N–H and O–H groups in total. The van der Waals surface area contributed by atoms with Gasteiger partial charge >= 0.3 is 0 Å². The van der Waals surface area contributed by atoms with Crippen LogP contribution in [0.1, 0.15) is 39.5 Å². The number of amides is 2. The zero-order valence-electron chi connectivity index (χ0n) is 11.8. The van der Waals surface area contributed by atoms with Crippen molar-refractivity contribution in [3.63, 3.8) is 0 Å². The van der Waals surface area contributed by atoms with E-state index in [4.69, 9.17) is 11.5 Å². The first-order valence-electron chi connectivity index (χ1n) is 6.74. The van der Waals surface area contributed by atoms with E-state index in [1.54, 1.807) is 0 Å². The summed E-state index contributed by atoms with van der Waals surface area (Å²) in [6.45, 7) is 5.41. The predicted octanol–water partition coefficient (Wildman–Crippen LogP) is 0.896. The minimum absolute atomic E-state index is 0. The molecule has 0 aromatic rings. The molecule has 1 heterocycles. The maximum atomic E-state index is 12.1. The Balaban J connectivity index is 0.00000324. The molecule has 2 amide bonds. The number of nitrogens with zero attached hydrogens (tertiary/aromatic N) is 1. The van der Waals surface area contributed by atoms with Crippen molar-refractivity contribution >= 4 is 24.2 Å². The second-order valence-corrected chi connectivity index (χ2v) is 5.57. The van der Waals surface area contributed by atoms with E-state index in [-0.39, 0.29) is 30.1 Å². The van der Waals surface area contributed by atoms with E-state index < -0.39 is 6.04 Å². The minimum atomic E-state index is -0.417. The number of piperidine rings is 1. The second-order valence-electron chi connectivity index (χ2n) is 5.57. The molecule has 0 radical (unpaired) electrons. The van der Waals surface area contributed by atoms with Gasteiger partial charge in [-0.25, -0.2) is 0 Å². The fourth-order valence-electron chi connectivity index (χ4n) is 2.34. The highest BCUT2D eigenvalue weighted by atomic mass is 35.5. The van der Waals surface area contributed by atoms with Gasteiger partial charge in [-0.1, -0.05) is 13.8 Å². The Morgan fingerprint density at radius 2 is 2.00 bits per heavy atom. The van der Waals surface area contributed by atoms with E-state index in [0.29, 0.717) is 18.9 Å². The molecule has 0 aliphatic carbocycles. The van der Waals surface area contributed by atoms with Gasteiger partial charge in [0.05, 0.1) is 6.04 Å². The Morgan fingerprint density at radius 1 is 1.37 bits per heavy atom. The van der Waals surface area contributed by atoms with Crippen LogP contribution in [-0.4, -0.2) is 35.8 Å². The molecule has 0 saturated carbocycles. The summed E-state index contributed by atoms with van der Waals surface area (Å²) in [7, 11) is 0. The van der Waals surface area contributed by atoms with Crippen LogP contribution in [0.2, 0.25) is 0 Å². The van der Waals surface area contributed by atoms with Crippen LogP contribution in [0.15, 0.2) is 0 Å². The number of nitrogens with two attached hydrogens (primary N) is 2. The average Bonchev–Trinajstić information content (AvgIpc) is 2.34. The molecule has 112 valence electrons. The zero-order valence-corrected chi connectivity index (χ0v) is 12.6. The fraction of sp³-hybridized carbons (Fsp3) is 0.846. The van der Waals surface area contributed by atoms with E-state index >= 15 is 0 Å². The van der Waals surface area contributed by atoms with E-state index in [0.717, 1.165) is 25.8 Å². The van der Waals surface area contributed by atoms with Crippen LogP contribution < -0.4 is 11.5 Å². The number of rotatable bonds is 5. The monoisotopic (exact) mass is 291 g/mol. The second kappa shape index (κ2) is 8.38. The first-order chi connectivity index (χ1) is 8.41. The Morgan fingerprint density at radius 3 is 2.53 bits per heavy atom. The van der Waals surface area contributed by atoms with Crippen molar-refractivity contribution < 1.29 is 9.59 Å². The summed E-state index contributed by atoms with van der Waals surface area (Å²) >= 11 is 0. The third-order valence-electron chi connectivity index (χ3n) is 3.63. The predicted molar refractivity (Wildman–Crippen MR) is 77.8 cm³/mol. The quantitative estimate of drug-likeness (QED) is 0.788. The maximum absolute atomic E-state index is 12.1. The molecule has 0 spiro atoms. The molecule has 0 aromatic heterocycles. The lowest BCUT2D eigenvalue weighted by Crippen LogP contribution is -2.50. The smallest absolute Gasteiger partial charge is 0.239 e. The summed E-state index contributed by atoms with van der Waals surface area (Å²) < 4.78 is 0. The van der Waals surface area contributed by atoms with Crippen molar-refractivity contribution in [2.75, 3.05) is 13.1 Å². The topological polar surface area (TPSA) is 89.4 Å². The van der Waals surface area contributed by atoms with Crippen molar-refractivity contribution in [3.05, 3.63) is 0 Å². The third-order valence-corrected chi connectivity index (χ3v) is 3.63. The van der Waals surface area contributed by atoms with Crippen molar-refractivity contribution in [2.24, 2.45) is 23.3 Å². The molecule has 1 saturated heterocycles. The van der Waals surface area contributed by atoms with Gasteiger partial charge in [0, 0.05) is 19.5 Å².